The van der Waals surface area contributed by atoms with Crippen molar-refractivity contribution in [1.82, 2.24) is 9.80 Å². The Morgan fingerprint density at radius 3 is 2.72 bits per heavy atom. The Labute approximate surface area is 167 Å². The minimum atomic E-state index is -0.780. The number of amides is 1. The number of hydrogen-bond acceptors (Lipinski definition) is 7. The lowest BCUT2D eigenvalue weighted by Gasteiger charge is -2.24. The first-order valence-corrected chi connectivity index (χ1v) is 9.34. The molecule has 0 aliphatic carbocycles. The molecular weight excluding hydrogens is 376 g/mol. The van der Waals surface area contributed by atoms with E-state index in [0.717, 1.165) is 6.54 Å². The number of fused-ring (bicyclic) bond motifs is 1. The second-order valence-electron chi connectivity index (χ2n) is 7.23. The highest BCUT2D eigenvalue weighted by molar-refractivity contribution is 6.46. The van der Waals surface area contributed by atoms with Gasteiger partial charge >= 0.3 is 0 Å². The van der Waals surface area contributed by atoms with Crippen LogP contribution in [-0.4, -0.2) is 60.6 Å². The molecule has 8 heteroatoms. The number of nitrogens with zero attached hydrogens (tertiary/aromatic N) is 2. The third-order valence-electron chi connectivity index (χ3n) is 5.00. The van der Waals surface area contributed by atoms with Gasteiger partial charge in [-0.15, -0.1) is 0 Å². The van der Waals surface area contributed by atoms with E-state index < -0.39 is 17.7 Å². The molecule has 1 fully saturated rings. The first-order chi connectivity index (χ1) is 14.0. The Balaban J connectivity index is 1.74. The van der Waals surface area contributed by atoms with E-state index in [2.05, 4.69) is 0 Å². The number of carbonyl (C=O) groups excluding carboxylic acids is 2. The number of carbonyl (C=O) groups is 2. The van der Waals surface area contributed by atoms with Crippen LogP contribution in [-0.2, 0) is 9.59 Å². The van der Waals surface area contributed by atoms with Gasteiger partial charge in [0.15, 0.2) is 11.5 Å². The van der Waals surface area contributed by atoms with Gasteiger partial charge in [-0.25, -0.2) is 0 Å². The van der Waals surface area contributed by atoms with Crippen LogP contribution in [0.1, 0.15) is 23.8 Å². The van der Waals surface area contributed by atoms with Crippen LogP contribution in [0.5, 0.6) is 11.5 Å². The number of benzene rings is 1. The lowest BCUT2D eigenvalue weighted by Crippen LogP contribution is -2.32. The monoisotopic (exact) mass is 398 g/mol. The summed E-state index contributed by atoms with van der Waals surface area (Å²) in [5.74, 6) is -0.176. The van der Waals surface area contributed by atoms with Crippen LogP contribution in [0.15, 0.2) is 46.6 Å². The fourth-order valence-electron chi connectivity index (χ4n) is 3.61. The van der Waals surface area contributed by atoms with Crippen molar-refractivity contribution in [2.75, 3.05) is 34.0 Å². The van der Waals surface area contributed by atoms with Crippen LogP contribution in [0.4, 0.5) is 0 Å². The fraction of sp³-hybridized carbons (Fsp3) is 0.333. The highest BCUT2D eigenvalue weighted by atomic mass is 16.7. The molecule has 152 valence electrons. The van der Waals surface area contributed by atoms with Gasteiger partial charge in [0.25, 0.3) is 11.7 Å². The first kappa shape index (κ1) is 19.1. The molecule has 1 N–H and O–H groups in total. The Kier molecular flexibility index (Phi) is 5.02. The quantitative estimate of drug-likeness (QED) is 0.454. The normalized spacial score (nSPS) is 20.1. The number of rotatable bonds is 6. The maximum Gasteiger partial charge on any atom is 0.295 e. The molecule has 0 saturated carbocycles. The standard InChI is InChI=1S/C21H22N2O6/c1-22(2)8-4-9-23-18(15-5-3-10-27-15)17(20(25)21(23)26)19(24)13-6-7-14-16(11-13)29-12-28-14/h3,5-7,10-11,18,24H,4,8-9,12H2,1-2H3/b19-17-/t18-/m0/s1. The van der Waals surface area contributed by atoms with E-state index in [4.69, 9.17) is 13.9 Å². The third kappa shape index (κ3) is 3.47. The zero-order chi connectivity index (χ0) is 20.5. The van der Waals surface area contributed by atoms with Gasteiger partial charge in [0.2, 0.25) is 6.79 Å². The Morgan fingerprint density at radius 1 is 1.21 bits per heavy atom. The van der Waals surface area contributed by atoms with Crippen LogP contribution >= 0.6 is 0 Å². The number of Topliss-reactive ketones (excluding diaryl/α,β-unsaturated/α-hetero) is 1. The molecule has 0 radical (unpaired) electrons. The smallest absolute Gasteiger partial charge is 0.295 e. The first-order valence-electron chi connectivity index (χ1n) is 9.34. The number of aliphatic hydroxyl groups excluding tert-OH is 1. The van der Waals surface area contributed by atoms with E-state index in [1.165, 1.54) is 11.2 Å². The van der Waals surface area contributed by atoms with Gasteiger partial charge in [0.1, 0.15) is 17.6 Å². The van der Waals surface area contributed by atoms with Crippen LogP contribution < -0.4 is 9.47 Å². The molecule has 0 spiro atoms. The number of furan rings is 1. The zero-order valence-electron chi connectivity index (χ0n) is 16.3. The number of ether oxygens (including phenoxy) is 2. The Morgan fingerprint density at radius 2 is 2.00 bits per heavy atom. The molecule has 2 aliphatic rings. The summed E-state index contributed by atoms with van der Waals surface area (Å²) in [6.07, 6.45) is 2.16. The van der Waals surface area contributed by atoms with E-state index in [-0.39, 0.29) is 18.1 Å². The van der Waals surface area contributed by atoms with Crippen molar-refractivity contribution >= 4 is 17.4 Å². The highest BCUT2D eigenvalue weighted by Crippen LogP contribution is 2.41. The minimum Gasteiger partial charge on any atom is -0.507 e. The Hall–Kier alpha value is -3.26. The second kappa shape index (κ2) is 7.63. The summed E-state index contributed by atoms with van der Waals surface area (Å²) in [6, 6.07) is 7.49. The Bertz CT molecular complexity index is 964. The average molecular weight is 398 g/mol. The lowest BCUT2D eigenvalue weighted by atomic mass is 9.99. The highest BCUT2D eigenvalue weighted by Gasteiger charge is 2.47. The van der Waals surface area contributed by atoms with E-state index in [0.29, 0.717) is 35.8 Å². The molecule has 0 unspecified atom stereocenters. The van der Waals surface area contributed by atoms with Gasteiger partial charge < -0.3 is 28.8 Å². The van der Waals surface area contributed by atoms with Crippen molar-refractivity contribution in [2.24, 2.45) is 0 Å². The van der Waals surface area contributed by atoms with Crippen LogP contribution in [0.2, 0.25) is 0 Å². The van der Waals surface area contributed by atoms with Gasteiger partial charge in [0.05, 0.1) is 11.8 Å². The maximum atomic E-state index is 12.8. The van der Waals surface area contributed by atoms with Crippen molar-refractivity contribution in [3.8, 4) is 11.5 Å². The van der Waals surface area contributed by atoms with Crippen molar-refractivity contribution in [3.05, 3.63) is 53.5 Å². The molecule has 29 heavy (non-hydrogen) atoms. The molecule has 1 aromatic heterocycles. The van der Waals surface area contributed by atoms with Crippen molar-refractivity contribution in [2.45, 2.75) is 12.5 Å². The summed E-state index contributed by atoms with van der Waals surface area (Å²) in [5.41, 5.74) is 0.380. The van der Waals surface area contributed by atoms with Gasteiger partial charge in [-0.3, -0.25) is 9.59 Å². The molecule has 1 aromatic carbocycles. The third-order valence-corrected chi connectivity index (χ3v) is 5.00. The van der Waals surface area contributed by atoms with Crippen molar-refractivity contribution < 1.29 is 28.6 Å². The number of aliphatic hydroxyl groups is 1. The summed E-state index contributed by atoms with van der Waals surface area (Å²) >= 11 is 0. The molecule has 2 aromatic rings. The van der Waals surface area contributed by atoms with E-state index >= 15 is 0 Å². The molecule has 2 aliphatic heterocycles. The molecule has 0 bridgehead atoms. The zero-order valence-corrected chi connectivity index (χ0v) is 16.3. The summed E-state index contributed by atoms with van der Waals surface area (Å²) in [7, 11) is 3.88. The molecule has 1 saturated heterocycles. The van der Waals surface area contributed by atoms with Gasteiger partial charge in [-0.05, 0) is 57.4 Å². The predicted molar refractivity (Wildman–Crippen MR) is 103 cm³/mol. The van der Waals surface area contributed by atoms with Crippen LogP contribution in [0, 0.1) is 0 Å². The van der Waals surface area contributed by atoms with E-state index in [9.17, 15) is 14.7 Å². The summed E-state index contributed by atoms with van der Waals surface area (Å²) in [4.78, 5) is 29.1. The number of hydrogen-bond donors (Lipinski definition) is 1. The lowest BCUT2D eigenvalue weighted by molar-refractivity contribution is -0.140. The van der Waals surface area contributed by atoms with Crippen LogP contribution in [0.25, 0.3) is 5.76 Å². The van der Waals surface area contributed by atoms with Gasteiger partial charge in [-0.1, -0.05) is 0 Å². The number of likely N-dealkylation sites (tertiary alicyclic amines) is 1. The molecule has 3 heterocycles. The molecular formula is C21H22N2O6. The second-order valence-corrected chi connectivity index (χ2v) is 7.23. The van der Waals surface area contributed by atoms with Gasteiger partial charge in [0, 0.05) is 12.1 Å². The van der Waals surface area contributed by atoms with E-state index in [1.807, 2.05) is 19.0 Å². The SMILES string of the molecule is CN(C)CCCN1C(=O)C(=O)/C(=C(\O)c2ccc3c(c2)OCO3)[C@@H]1c1ccco1. The van der Waals surface area contributed by atoms with Gasteiger partial charge in [-0.2, -0.15) is 0 Å². The number of ketones is 1. The predicted octanol–water partition coefficient (Wildman–Crippen LogP) is 2.38. The largest absolute Gasteiger partial charge is 0.507 e. The molecule has 4 rings (SSSR count). The van der Waals surface area contributed by atoms with E-state index in [1.54, 1.807) is 30.3 Å². The molecule has 1 atom stereocenters. The molecule has 8 nitrogen and oxygen atoms in total. The maximum absolute atomic E-state index is 12.8. The average Bonchev–Trinajstić information content (AvgIpc) is 3.43. The summed E-state index contributed by atoms with van der Waals surface area (Å²) in [6.45, 7) is 1.23. The summed E-state index contributed by atoms with van der Waals surface area (Å²) in [5, 5.41) is 11.0. The molecule has 1 amide bonds. The fourth-order valence-corrected chi connectivity index (χ4v) is 3.61. The van der Waals surface area contributed by atoms with Crippen molar-refractivity contribution in [3.63, 3.8) is 0 Å². The minimum absolute atomic E-state index is 0.00803. The topological polar surface area (TPSA) is 92.5 Å². The summed E-state index contributed by atoms with van der Waals surface area (Å²) < 4.78 is 16.2. The van der Waals surface area contributed by atoms with Crippen molar-refractivity contribution in [1.29, 1.82) is 0 Å². The van der Waals surface area contributed by atoms with Crippen LogP contribution in [0.3, 0.4) is 0 Å².